The van der Waals surface area contributed by atoms with E-state index in [0.717, 1.165) is 41.4 Å². The highest BCUT2D eigenvalue weighted by atomic mass is 16.1. The Morgan fingerprint density at radius 3 is 2.79 bits per heavy atom. The van der Waals surface area contributed by atoms with Gasteiger partial charge in [0.1, 0.15) is 11.4 Å². The van der Waals surface area contributed by atoms with E-state index in [9.17, 15) is 4.79 Å². The summed E-state index contributed by atoms with van der Waals surface area (Å²) in [5.74, 6) is 0.610. The normalized spacial score (nSPS) is 13.8. The predicted molar refractivity (Wildman–Crippen MR) is 107 cm³/mol. The number of imidazole rings is 1. The highest BCUT2D eigenvalue weighted by Crippen LogP contribution is 2.27. The first kappa shape index (κ1) is 16.5. The van der Waals surface area contributed by atoms with Crippen molar-refractivity contribution >= 4 is 28.7 Å². The third-order valence-corrected chi connectivity index (χ3v) is 4.97. The lowest BCUT2D eigenvalue weighted by atomic mass is 10.2. The van der Waals surface area contributed by atoms with E-state index in [-0.39, 0.29) is 11.9 Å². The van der Waals surface area contributed by atoms with E-state index in [2.05, 4.69) is 26.0 Å². The highest BCUT2D eigenvalue weighted by Gasteiger charge is 2.26. The molecule has 0 radical (unpaired) electrons. The number of carbonyl (C=O) groups excluding carboxylic acids is 1. The zero-order valence-electron chi connectivity index (χ0n) is 15.6. The lowest BCUT2D eigenvalue weighted by Crippen LogP contribution is -2.25. The lowest BCUT2D eigenvalue weighted by molar-refractivity contribution is 0.0952. The number of aromatic nitrogens is 5. The van der Waals surface area contributed by atoms with Crippen molar-refractivity contribution in [3.8, 4) is 11.4 Å². The molecule has 1 aliphatic rings. The van der Waals surface area contributed by atoms with Crippen LogP contribution in [0.4, 0.5) is 11.5 Å². The second-order valence-electron chi connectivity index (χ2n) is 6.82. The minimum Gasteiger partial charge on any atom is -0.385 e. The minimum atomic E-state index is -0.137. The first-order valence-corrected chi connectivity index (χ1v) is 9.21. The van der Waals surface area contributed by atoms with Gasteiger partial charge in [0.25, 0.3) is 5.91 Å². The summed E-state index contributed by atoms with van der Waals surface area (Å²) in [7, 11) is 3.69. The van der Waals surface area contributed by atoms with Crippen LogP contribution >= 0.6 is 0 Å². The molecule has 3 N–H and O–H groups in total. The van der Waals surface area contributed by atoms with Crippen molar-refractivity contribution in [1.29, 1.82) is 0 Å². The van der Waals surface area contributed by atoms with Gasteiger partial charge in [-0.05, 0) is 25.0 Å². The third-order valence-electron chi connectivity index (χ3n) is 4.97. The van der Waals surface area contributed by atoms with Gasteiger partial charge in [-0.3, -0.25) is 9.20 Å². The molecular weight excluding hydrogens is 356 g/mol. The molecule has 0 aliphatic heterocycles. The maximum absolute atomic E-state index is 12.6. The summed E-state index contributed by atoms with van der Waals surface area (Å²) < 4.78 is 3.63. The van der Waals surface area contributed by atoms with Crippen LogP contribution in [0.15, 0.2) is 36.8 Å². The van der Waals surface area contributed by atoms with Gasteiger partial charge >= 0.3 is 0 Å². The van der Waals surface area contributed by atoms with Crippen molar-refractivity contribution in [3.05, 3.63) is 42.4 Å². The van der Waals surface area contributed by atoms with E-state index in [4.69, 9.17) is 4.98 Å². The second-order valence-corrected chi connectivity index (χ2v) is 6.82. The maximum atomic E-state index is 12.6. The first-order valence-electron chi connectivity index (χ1n) is 9.21. The Balaban J connectivity index is 1.70. The van der Waals surface area contributed by atoms with Gasteiger partial charge in [0.15, 0.2) is 11.3 Å². The number of anilines is 2. The highest BCUT2D eigenvalue weighted by molar-refractivity contribution is 6.00. The summed E-state index contributed by atoms with van der Waals surface area (Å²) in [6.07, 6.45) is 7.28. The van der Waals surface area contributed by atoms with Crippen LogP contribution in [0.1, 0.15) is 23.2 Å². The Bertz CT molecular complexity index is 1200. The molecule has 0 spiro atoms. The summed E-state index contributed by atoms with van der Waals surface area (Å²) >= 11 is 0. The fourth-order valence-corrected chi connectivity index (χ4v) is 3.34. The number of hydrogen-bond acceptors (Lipinski definition) is 6. The van der Waals surface area contributed by atoms with Crippen molar-refractivity contribution in [2.75, 3.05) is 24.7 Å². The van der Waals surface area contributed by atoms with Gasteiger partial charge in [-0.1, -0.05) is 0 Å². The Labute approximate surface area is 160 Å². The Morgan fingerprint density at radius 2 is 2.04 bits per heavy atom. The van der Waals surface area contributed by atoms with Crippen LogP contribution in [-0.2, 0) is 0 Å². The molecule has 1 saturated carbocycles. The van der Waals surface area contributed by atoms with Gasteiger partial charge in [-0.2, -0.15) is 9.61 Å². The van der Waals surface area contributed by atoms with Gasteiger partial charge in [0.05, 0.1) is 23.3 Å². The van der Waals surface area contributed by atoms with Gasteiger partial charge in [0.2, 0.25) is 0 Å². The molecule has 4 heterocycles. The molecule has 9 heteroatoms. The SMILES string of the molecule is CNc1ccc(-c2cc(NC)n3ncc(C(=O)NC4CC4)c3n2)n2ccnc12. The standard InChI is InChI=1S/C19H20N8O/c1-20-13-5-6-15(26-8-7-22-18(13)26)14-9-16(21-2)27-17(25-14)12(10-23-27)19(28)24-11-3-4-11/h5-11,20-21H,3-4H2,1-2H3,(H,24,28). The molecule has 0 aromatic carbocycles. The van der Waals surface area contributed by atoms with Crippen molar-refractivity contribution in [2.45, 2.75) is 18.9 Å². The van der Waals surface area contributed by atoms with Crippen LogP contribution in [0.2, 0.25) is 0 Å². The Morgan fingerprint density at radius 1 is 1.18 bits per heavy atom. The number of nitrogens with one attached hydrogen (secondary N) is 3. The summed E-state index contributed by atoms with van der Waals surface area (Å²) in [5.41, 5.74) is 4.33. The Kier molecular flexibility index (Phi) is 3.68. The van der Waals surface area contributed by atoms with Crippen LogP contribution in [-0.4, -0.2) is 50.0 Å². The van der Waals surface area contributed by atoms with E-state index >= 15 is 0 Å². The fraction of sp³-hybridized carbons (Fsp3) is 0.263. The molecule has 0 bridgehead atoms. The molecule has 0 saturated heterocycles. The quantitative estimate of drug-likeness (QED) is 0.493. The number of nitrogens with zero attached hydrogens (tertiary/aromatic N) is 5. The molecule has 142 valence electrons. The monoisotopic (exact) mass is 376 g/mol. The minimum absolute atomic E-state index is 0.137. The van der Waals surface area contributed by atoms with Gasteiger partial charge in [-0.15, -0.1) is 0 Å². The molecule has 1 fully saturated rings. The fourth-order valence-electron chi connectivity index (χ4n) is 3.34. The lowest BCUT2D eigenvalue weighted by Gasteiger charge is -2.11. The zero-order valence-corrected chi connectivity index (χ0v) is 15.6. The molecule has 4 aromatic heterocycles. The van der Waals surface area contributed by atoms with Gasteiger partial charge in [0, 0.05) is 38.6 Å². The van der Waals surface area contributed by atoms with E-state index in [0.29, 0.717) is 11.2 Å². The van der Waals surface area contributed by atoms with Gasteiger partial charge in [-0.25, -0.2) is 9.97 Å². The molecule has 1 amide bonds. The first-order chi connectivity index (χ1) is 13.7. The number of carbonyl (C=O) groups is 1. The summed E-state index contributed by atoms with van der Waals surface area (Å²) in [6, 6.07) is 6.14. The molecule has 5 rings (SSSR count). The van der Waals surface area contributed by atoms with Crippen molar-refractivity contribution < 1.29 is 4.79 Å². The van der Waals surface area contributed by atoms with Crippen LogP contribution in [0, 0.1) is 0 Å². The van der Waals surface area contributed by atoms with E-state index in [1.807, 2.05) is 42.9 Å². The topological polar surface area (TPSA) is 101 Å². The van der Waals surface area contributed by atoms with Crippen LogP contribution < -0.4 is 16.0 Å². The largest absolute Gasteiger partial charge is 0.385 e. The molecule has 4 aromatic rings. The van der Waals surface area contributed by atoms with E-state index in [1.54, 1.807) is 16.9 Å². The predicted octanol–water partition coefficient (Wildman–Crippen LogP) is 2.02. The number of hydrogen-bond donors (Lipinski definition) is 3. The van der Waals surface area contributed by atoms with Gasteiger partial charge < -0.3 is 16.0 Å². The van der Waals surface area contributed by atoms with E-state index < -0.39 is 0 Å². The molecule has 1 aliphatic carbocycles. The number of pyridine rings is 1. The van der Waals surface area contributed by atoms with Crippen molar-refractivity contribution in [3.63, 3.8) is 0 Å². The summed E-state index contributed by atoms with van der Waals surface area (Å²) in [4.78, 5) is 21.8. The summed E-state index contributed by atoms with van der Waals surface area (Å²) in [5, 5.41) is 13.7. The number of amides is 1. The third kappa shape index (κ3) is 2.55. The maximum Gasteiger partial charge on any atom is 0.256 e. The summed E-state index contributed by atoms with van der Waals surface area (Å²) in [6.45, 7) is 0. The number of fused-ring (bicyclic) bond motifs is 2. The molecule has 0 atom stereocenters. The number of rotatable bonds is 5. The zero-order chi connectivity index (χ0) is 19.3. The molecular formula is C19H20N8O. The van der Waals surface area contributed by atoms with Crippen molar-refractivity contribution in [2.24, 2.45) is 0 Å². The average molecular weight is 376 g/mol. The molecule has 9 nitrogen and oxygen atoms in total. The average Bonchev–Trinajstić information content (AvgIpc) is 3.21. The smallest absolute Gasteiger partial charge is 0.256 e. The molecule has 28 heavy (non-hydrogen) atoms. The van der Waals surface area contributed by atoms with Crippen LogP contribution in [0.25, 0.3) is 22.7 Å². The van der Waals surface area contributed by atoms with Crippen LogP contribution in [0.3, 0.4) is 0 Å². The second kappa shape index (κ2) is 6.22. The van der Waals surface area contributed by atoms with Crippen LogP contribution in [0.5, 0.6) is 0 Å². The molecule has 0 unspecified atom stereocenters. The Hall–Kier alpha value is -3.62. The van der Waals surface area contributed by atoms with E-state index in [1.165, 1.54) is 0 Å². The van der Waals surface area contributed by atoms with Crippen molar-refractivity contribution in [1.82, 2.24) is 29.3 Å².